The van der Waals surface area contributed by atoms with Crippen molar-refractivity contribution in [3.05, 3.63) is 5.69 Å². The molecule has 21 nitrogen and oxygen atoms in total. The van der Waals surface area contributed by atoms with Gasteiger partial charge in [0.1, 0.15) is 11.2 Å². The second-order valence-electron chi connectivity index (χ2n) is 9.51. The molecule has 218 valence electrons. The molecule has 39 heavy (non-hydrogen) atoms. The number of carbonyl (C=O) groups excluding carboxylic acids is 1. The molecule has 2 saturated heterocycles. The van der Waals surface area contributed by atoms with E-state index in [9.17, 15) is 86.5 Å². The number of amides is 1. The van der Waals surface area contributed by atoms with Crippen LogP contribution >= 0.6 is 0 Å². The van der Waals surface area contributed by atoms with Crippen molar-refractivity contribution in [2.75, 3.05) is 0 Å². The van der Waals surface area contributed by atoms with Crippen LogP contribution in [0.4, 0.5) is 0 Å². The SMILES string of the molecule is Cn1nc(C(=O)NC2(O)CC3(O)N(C(O)(O)O)C(O)(C2)C(O)(O)C(O)(O)C3(O)O)c2c(O)c(O)c(O)c(O)c21. The van der Waals surface area contributed by atoms with Crippen LogP contribution in [0.2, 0.25) is 0 Å². The maximum absolute atomic E-state index is 13.1. The number of piperidine rings is 2. The summed E-state index contributed by atoms with van der Waals surface area (Å²) < 4.78 is 0.712. The van der Waals surface area contributed by atoms with Crippen molar-refractivity contribution in [2.45, 2.75) is 53.5 Å². The number of aliphatic hydroxyl groups is 12. The summed E-state index contributed by atoms with van der Waals surface area (Å²) in [5.74, 6) is -20.8. The van der Waals surface area contributed by atoms with Crippen LogP contribution in [0.3, 0.4) is 0 Å². The molecule has 1 aromatic carbocycles. The number of aromatic nitrogens is 2. The van der Waals surface area contributed by atoms with Gasteiger partial charge in [-0.15, -0.1) is 0 Å². The number of hydrogen-bond donors (Lipinski definition) is 17. The van der Waals surface area contributed by atoms with Crippen LogP contribution in [0, 0.1) is 0 Å². The Morgan fingerprint density at radius 2 is 1.21 bits per heavy atom. The van der Waals surface area contributed by atoms with E-state index in [-0.39, 0.29) is 0 Å². The summed E-state index contributed by atoms with van der Waals surface area (Å²) in [6.07, 6.45) is -8.40. The van der Waals surface area contributed by atoms with Crippen molar-refractivity contribution in [1.29, 1.82) is 0 Å². The topological polar surface area (TPSA) is 374 Å². The van der Waals surface area contributed by atoms with Gasteiger partial charge in [-0.2, -0.15) is 10.00 Å². The molecular weight excluding hydrogens is 544 g/mol. The summed E-state index contributed by atoms with van der Waals surface area (Å²) in [5, 5.41) is 168. The first-order valence-electron chi connectivity index (χ1n) is 10.5. The fourth-order valence-corrected chi connectivity index (χ4v) is 5.19. The number of fused-ring (bicyclic) bond motifs is 3. The van der Waals surface area contributed by atoms with E-state index in [1.54, 1.807) is 5.32 Å². The molecular formula is C18H24N4O17. The second kappa shape index (κ2) is 7.52. The Labute approximate surface area is 213 Å². The Kier molecular flexibility index (Phi) is 5.56. The molecule has 4 rings (SSSR count). The van der Waals surface area contributed by atoms with Gasteiger partial charge < -0.3 is 87.0 Å². The summed E-state index contributed by atoms with van der Waals surface area (Å²) in [4.78, 5) is 12.1. The smallest absolute Gasteiger partial charge is 0.350 e. The van der Waals surface area contributed by atoms with Gasteiger partial charge in [0.25, 0.3) is 23.3 Å². The van der Waals surface area contributed by atoms with Gasteiger partial charge in [0, 0.05) is 19.9 Å². The van der Waals surface area contributed by atoms with Crippen LogP contribution in [0.25, 0.3) is 10.9 Å². The van der Waals surface area contributed by atoms with Gasteiger partial charge in [-0.1, -0.05) is 0 Å². The summed E-state index contributed by atoms with van der Waals surface area (Å²) >= 11 is 0. The molecule has 0 radical (unpaired) electrons. The molecule has 2 atom stereocenters. The lowest BCUT2D eigenvalue weighted by atomic mass is 9.65. The average Bonchev–Trinajstić information content (AvgIpc) is 3.10. The number of hydrogen-bond acceptors (Lipinski definition) is 19. The number of aromatic hydroxyl groups is 4. The van der Waals surface area contributed by atoms with Crippen LogP contribution in [-0.4, -0.2) is 143 Å². The Morgan fingerprint density at radius 3 is 1.64 bits per heavy atom. The molecule has 2 aliphatic rings. The van der Waals surface area contributed by atoms with Crippen molar-refractivity contribution in [3.63, 3.8) is 0 Å². The number of nitrogens with zero attached hydrogens (tertiary/aromatic N) is 3. The van der Waals surface area contributed by atoms with E-state index in [1.165, 1.54) is 0 Å². The van der Waals surface area contributed by atoms with E-state index < -0.39 is 104 Å². The van der Waals surface area contributed by atoms with Gasteiger partial charge >= 0.3 is 6.10 Å². The molecule has 1 aromatic heterocycles. The van der Waals surface area contributed by atoms with Gasteiger partial charge in [0.05, 0.1) is 5.39 Å². The predicted octanol–water partition coefficient (Wildman–Crippen LogP) is -8.07. The van der Waals surface area contributed by atoms with E-state index in [4.69, 9.17) is 0 Å². The summed E-state index contributed by atoms with van der Waals surface area (Å²) in [5.41, 5.74) is -13.4. The van der Waals surface area contributed by atoms with Crippen molar-refractivity contribution < 1.29 is 86.5 Å². The number of carbonyl (C=O) groups is 1. The van der Waals surface area contributed by atoms with Crippen LogP contribution < -0.4 is 5.32 Å². The largest absolute Gasteiger partial charge is 0.504 e. The molecule has 2 aromatic rings. The van der Waals surface area contributed by atoms with E-state index >= 15 is 0 Å². The molecule has 0 spiro atoms. The highest BCUT2D eigenvalue weighted by Crippen LogP contribution is 2.59. The predicted molar refractivity (Wildman–Crippen MR) is 112 cm³/mol. The van der Waals surface area contributed by atoms with Crippen LogP contribution in [0.15, 0.2) is 0 Å². The number of aryl methyl sites for hydroxylation is 1. The van der Waals surface area contributed by atoms with Crippen LogP contribution in [0.1, 0.15) is 23.3 Å². The maximum atomic E-state index is 13.1. The Balaban J connectivity index is 1.88. The third kappa shape index (κ3) is 3.23. The molecule has 2 unspecified atom stereocenters. The third-order valence-corrected chi connectivity index (χ3v) is 6.95. The van der Waals surface area contributed by atoms with E-state index in [0.29, 0.717) is 4.68 Å². The Hall–Kier alpha value is -3.16. The van der Waals surface area contributed by atoms with Crippen molar-refractivity contribution in [1.82, 2.24) is 20.0 Å². The highest BCUT2D eigenvalue weighted by molar-refractivity contribution is 6.10. The Morgan fingerprint density at radius 1 is 0.769 bits per heavy atom. The summed E-state index contributed by atoms with van der Waals surface area (Å²) in [7, 11) is 1.08. The van der Waals surface area contributed by atoms with E-state index in [1.807, 2.05) is 0 Å². The quantitative estimate of drug-likeness (QED) is 0.0927. The molecule has 2 fully saturated rings. The van der Waals surface area contributed by atoms with Gasteiger partial charge in [0.2, 0.25) is 11.5 Å². The molecule has 3 heterocycles. The minimum atomic E-state index is -4.79. The molecule has 0 aliphatic carbocycles. The highest BCUT2D eigenvalue weighted by Gasteiger charge is 2.89. The number of phenols is 4. The number of benzene rings is 1. The molecule has 1 amide bonds. The molecule has 2 bridgehead atoms. The molecule has 0 saturated carbocycles. The lowest BCUT2D eigenvalue weighted by Gasteiger charge is -2.70. The second-order valence-corrected chi connectivity index (χ2v) is 9.51. The standard InChI is InChI=1S/C18H24N4O17/c1-21-6-4(7(23)9(25)10(26)8(6)24)5(20-21)11(27)19-12(28)2-13(29)15(31,32)17(35,36)16(33,34)14(30,3-12)22(13)18(37,38)39/h23-26,28-39H,2-3H2,1H3,(H,19,27). The normalized spacial score (nSPS) is 31.8. The maximum Gasteiger partial charge on any atom is 0.350 e. The van der Waals surface area contributed by atoms with Crippen LogP contribution in [0.5, 0.6) is 23.0 Å². The lowest BCUT2D eigenvalue weighted by molar-refractivity contribution is -0.624. The first kappa shape index (κ1) is 28.8. The zero-order valence-corrected chi connectivity index (χ0v) is 19.3. The van der Waals surface area contributed by atoms with Crippen molar-refractivity contribution in [3.8, 4) is 23.0 Å². The molecule has 2 aliphatic heterocycles. The highest BCUT2D eigenvalue weighted by atomic mass is 16.7. The zero-order chi connectivity index (χ0) is 30.1. The van der Waals surface area contributed by atoms with Crippen LogP contribution in [-0.2, 0) is 7.05 Å². The summed E-state index contributed by atoms with van der Waals surface area (Å²) in [6, 6.07) is 0. The Bertz CT molecular complexity index is 1360. The average molecular weight is 568 g/mol. The van der Waals surface area contributed by atoms with E-state index in [2.05, 4.69) is 5.10 Å². The number of rotatable bonds is 3. The number of nitrogens with one attached hydrogen (secondary N) is 1. The van der Waals surface area contributed by atoms with Gasteiger partial charge in [-0.3, -0.25) is 9.48 Å². The minimum absolute atomic E-state index is 0.547. The zero-order valence-electron chi connectivity index (χ0n) is 19.3. The fraction of sp³-hybridized carbons (Fsp3) is 0.556. The monoisotopic (exact) mass is 568 g/mol. The van der Waals surface area contributed by atoms with Gasteiger partial charge in [0.15, 0.2) is 28.6 Å². The van der Waals surface area contributed by atoms with Crippen molar-refractivity contribution >= 4 is 16.8 Å². The minimum Gasteiger partial charge on any atom is -0.504 e. The van der Waals surface area contributed by atoms with Crippen molar-refractivity contribution in [2.24, 2.45) is 7.05 Å². The van der Waals surface area contributed by atoms with Gasteiger partial charge in [-0.25, -0.2) is 0 Å². The van der Waals surface area contributed by atoms with E-state index in [0.717, 1.165) is 7.05 Å². The first-order chi connectivity index (χ1) is 17.3. The lowest BCUT2D eigenvalue weighted by Crippen LogP contribution is -2.98. The van der Waals surface area contributed by atoms with Gasteiger partial charge in [-0.05, 0) is 0 Å². The fourth-order valence-electron chi connectivity index (χ4n) is 5.19. The molecule has 17 N–H and O–H groups in total. The molecule has 21 heteroatoms. The first-order valence-corrected chi connectivity index (χ1v) is 10.5. The summed E-state index contributed by atoms with van der Waals surface area (Å²) in [6.45, 7) is 0. The third-order valence-electron chi connectivity index (χ3n) is 6.95. The number of phenolic OH excluding ortho intramolecular Hbond substituents is 4.